The van der Waals surface area contributed by atoms with E-state index in [-0.39, 0.29) is 22.0 Å². The van der Waals surface area contributed by atoms with Crippen LogP contribution in [0.4, 0.5) is 4.39 Å². The monoisotopic (exact) mass is 373 g/mol. The molecule has 0 saturated carbocycles. The molecule has 0 spiro atoms. The number of hydrogen-bond acceptors (Lipinski definition) is 4. The number of fused-ring (bicyclic) bond motifs is 1. The third kappa shape index (κ3) is 3.50. The molecule has 2 aromatic carbocycles. The Labute approximate surface area is 153 Å². The van der Waals surface area contributed by atoms with Gasteiger partial charge < -0.3 is 15.0 Å². The van der Waals surface area contributed by atoms with Crippen LogP contribution in [0.5, 0.6) is 5.75 Å². The number of aromatic nitrogens is 2. The smallest absolute Gasteiger partial charge is 0.259 e. The van der Waals surface area contributed by atoms with Crippen LogP contribution in [0.15, 0.2) is 41.2 Å². The minimum atomic E-state index is -0.497. The van der Waals surface area contributed by atoms with Gasteiger partial charge in [-0.2, -0.15) is 0 Å². The molecule has 0 aliphatic rings. The fourth-order valence-corrected chi connectivity index (χ4v) is 2.83. The van der Waals surface area contributed by atoms with Crippen molar-refractivity contribution in [3.8, 4) is 5.75 Å². The van der Waals surface area contributed by atoms with E-state index in [4.69, 9.17) is 17.0 Å². The van der Waals surface area contributed by atoms with E-state index in [0.717, 1.165) is 0 Å². The van der Waals surface area contributed by atoms with Crippen LogP contribution in [0.1, 0.15) is 28.9 Å². The predicted molar refractivity (Wildman–Crippen MR) is 98.6 cm³/mol. The van der Waals surface area contributed by atoms with E-state index in [2.05, 4.69) is 15.3 Å². The van der Waals surface area contributed by atoms with Gasteiger partial charge in [-0.05, 0) is 55.0 Å². The molecule has 1 heterocycles. The zero-order valence-corrected chi connectivity index (χ0v) is 14.9. The van der Waals surface area contributed by atoms with Gasteiger partial charge >= 0.3 is 0 Å². The summed E-state index contributed by atoms with van der Waals surface area (Å²) in [6, 6.07) is 8.74. The van der Waals surface area contributed by atoms with Crippen LogP contribution in [-0.2, 0) is 0 Å². The van der Waals surface area contributed by atoms with E-state index >= 15 is 0 Å². The second kappa shape index (κ2) is 7.09. The number of benzene rings is 2. The Balaban J connectivity index is 1.85. The molecule has 8 heteroatoms. The molecule has 1 amide bonds. The Morgan fingerprint density at radius 1 is 1.23 bits per heavy atom. The fourth-order valence-electron chi connectivity index (χ4n) is 2.63. The molecule has 0 fully saturated rings. The average Bonchev–Trinajstić information content (AvgIpc) is 2.60. The fraction of sp³-hybridized carbons (Fsp3) is 0.167. The lowest BCUT2D eigenvalue weighted by atomic mass is 10.1. The first kappa shape index (κ1) is 17.8. The van der Waals surface area contributed by atoms with Crippen molar-refractivity contribution in [1.29, 1.82) is 0 Å². The number of aromatic amines is 2. The van der Waals surface area contributed by atoms with Gasteiger partial charge in [0.05, 0.1) is 24.1 Å². The largest absolute Gasteiger partial charge is 0.494 e. The summed E-state index contributed by atoms with van der Waals surface area (Å²) in [7, 11) is 1.39. The third-order valence-corrected chi connectivity index (χ3v) is 4.23. The molecule has 1 atom stereocenters. The number of nitrogens with one attached hydrogen (secondary N) is 3. The van der Waals surface area contributed by atoms with Crippen LogP contribution in [0.3, 0.4) is 0 Å². The van der Waals surface area contributed by atoms with Gasteiger partial charge in [-0.3, -0.25) is 14.6 Å². The lowest BCUT2D eigenvalue weighted by Crippen LogP contribution is -2.26. The van der Waals surface area contributed by atoms with Crippen LogP contribution < -0.4 is 15.6 Å². The summed E-state index contributed by atoms with van der Waals surface area (Å²) in [5.74, 6) is -0.707. The van der Waals surface area contributed by atoms with Crippen molar-refractivity contribution in [3.63, 3.8) is 0 Å². The SMILES string of the molecule is COc1ccc([C@H](C)NC(=O)c2ccc3c(=O)[nH]c(=S)[nH]c3c2)cc1F. The van der Waals surface area contributed by atoms with Crippen molar-refractivity contribution in [2.75, 3.05) is 7.11 Å². The number of hydrogen-bond donors (Lipinski definition) is 3. The number of H-pyrrole nitrogens is 2. The van der Waals surface area contributed by atoms with Crippen LogP contribution in [0.2, 0.25) is 0 Å². The molecule has 0 aliphatic heterocycles. The zero-order chi connectivity index (χ0) is 18.8. The van der Waals surface area contributed by atoms with Crippen LogP contribution in [0.25, 0.3) is 10.9 Å². The number of carbonyl (C=O) groups excluding carboxylic acids is 1. The molecule has 1 aromatic heterocycles. The molecule has 0 unspecified atom stereocenters. The van der Waals surface area contributed by atoms with Gasteiger partial charge in [0.15, 0.2) is 16.3 Å². The standard InChI is InChI=1S/C18H16FN3O3S/c1-9(10-4-6-15(25-2)13(19)7-10)20-16(23)11-3-5-12-14(8-11)21-18(26)22-17(12)24/h3-9H,1-2H3,(H,20,23)(H2,21,22,24,26)/t9-/m0/s1. The molecule has 0 aliphatic carbocycles. The summed E-state index contributed by atoms with van der Waals surface area (Å²) in [6.45, 7) is 1.75. The maximum atomic E-state index is 13.8. The first-order valence-electron chi connectivity index (χ1n) is 7.79. The number of methoxy groups -OCH3 is 1. The highest BCUT2D eigenvalue weighted by atomic mass is 32.1. The highest BCUT2D eigenvalue weighted by Gasteiger charge is 2.14. The highest BCUT2D eigenvalue weighted by molar-refractivity contribution is 7.71. The summed E-state index contributed by atoms with van der Waals surface area (Å²) < 4.78 is 18.9. The first-order chi connectivity index (χ1) is 12.4. The molecular formula is C18H16FN3O3S. The van der Waals surface area contributed by atoms with Gasteiger partial charge in [-0.15, -0.1) is 0 Å². The van der Waals surface area contributed by atoms with Crippen LogP contribution in [0, 0.1) is 10.6 Å². The first-order valence-corrected chi connectivity index (χ1v) is 8.20. The van der Waals surface area contributed by atoms with E-state index in [1.807, 2.05) is 0 Å². The Bertz CT molecular complexity index is 1110. The summed E-state index contributed by atoms with van der Waals surface area (Å²) in [5, 5.41) is 3.20. The number of carbonyl (C=O) groups is 1. The lowest BCUT2D eigenvalue weighted by Gasteiger charge is -2.15. The van der Waals surface area contributed by atoms with E-state index in [9.17, 15) is 14.0 Å². The van der Waals surface area contributed by atoms with Crippen molar-refractivity contribution < 1.29 is 13.9 Å². The Kier molecular flexibility index (Phi) is 4.85. The molecule has 26 heavy (non-hydrogen) atoms. The van der Waals surface area contributed by atoms with Crippen LogP contribution in [-0.4, -0.2) is 23.0 Å². The van der Waals surface area contributed by atoms with Gasteiger partial charge in [0.2, 0.25) is 0 Å². The quantitative estimate of drug-likeness (QED) is 0.613. The average molecular weight is 373 g/mol. The van der Waals surface area contributed by atoms with E-state index < -0.39 is 11.9 Å². The van der Waals surface area contributed by atoms with Gasteiger partial charge in [-0.1, -0.05) is 6.07 Å². The maximum absolute atomic E-state index is 13.8. The molecule has 3 N–H and O–H groups in total. The molecule has 6 nitrogen and oxygen atoms in total. The van der Waals surface area contributed by atoms with Gasteiger partial charge in [0.25, 0.3) is 11.5 Å². The molecule has 3 aromatic rings. The van der Waals surface area contributed by atoms with Crippen molar-refractivity contribution >= 4 is 29.0 Å². The number of halogens is 1. The van der Waals surface area contributed by atoms with Crippen molar-refractivity contribution in [3.05, 3.63) is 68.5 Å². The van der Waals surface area contributed by atoms with Gasteiger partial charge in [0, 0.05) is 5.56 Å². The van der Waals surface area contributed by atoms with Gasteiger partial charge in [-0.25, -0.2) is 4.39 Å². The van der Waals surface area contributed by atoms with E-state index in [1.165, 1.54) is 19.2 Å². The topological polar surface area (TPSA) is 87.0 Å². The minimum absolute atomic E-state index is 0.141. The molecule has 134 valence electrons. The molecule has 3 rings (SSSR count). The minimum Gasteiger partial charge on any atom is -0.494 e. The van der Waals surface area contributed by atoms with Crippen molar-refractivity contribution in [1.82, 2.24) is 15.3 Å². The lowest BCUT2D eigenvalue weighted by molar-refractivity contribution is 0.0940. The van der Waals surface area contributed by atoms with Crippen molar-refractivity contribution in [2.45, 2.75) is 13.0 Å². The normalized spacial score (nSPS) is 12.0. The highest BCUT2D eigenvalue weighted by Crippen LogP contribution is 2.22. The molecule has 0 bridgehead atoms. The van der Waals surface area contributed by atoms with Gasteiger partial charge in [0.1, 0.15) is 0 Å². The summed E-state index contributed by atoms with van der Waals surface area (Å²) in [6.07, 6.45) is 0. The molecular weight excluding hydrogens is 357 g/mol. The Morgan fingerprint density at radius 2 is 2.00 bits per heavy atom. The van der Waals surface area contributed by atoms with E-state index in [1.54, 1.807) is 31.2 Å². The second-order valence-electron chi connectivity index (χ2n) is 5.76. The predicted octanol–water partition coefficient (Wildman–Crippen LogP) is 3.22. The van der Waals surface area contributed by atoms with Crippen LogP contribution >= 0.6 is 12.2 Å². The molecule has 0 saturated heterocycles. The number of amides is 1. The Morgan fingerprint density at radius 3 is 2.69 bits per heavy atom. The second-order valence-corrected chi connectivity index (χ2v) is 6.17. The van der Waals surface area contributed by atoms with E-state index in [0.29, 0.717) is 22.0 Å². The zero-order valence-electron chi connectivity index (χ0n) is 14.1. The summed E-state index contributed by atoms with van der Waals surface area (Å²) in [4.78, 5) is 29.7. The molecule has 0 radical (unpaired) electrons. The third-order valence-electron chi connectivity index (χ3n) is 4.03. The number of rotatable bonds is 4. The number of ether oxygens (including phenoxy) is 1. The van der Waals surface area contributed by atoms with Crippen molar-refractivity contribution in [2.24, 2.45) is 0 Å². The summed E-state index contributed by atoms with van der Waals surface area (Å²) >= 11 is 4.95. The summed E-state index contributed by atoms with van der Waals surface area (Å²) in [5.41, 5.74) is 1.11. The Hall–Kier alpha value is -3.00. The maximum Gasteiger partial charge on any atom is 0.259 e.